The van der Waals surface area contributed by atoms with Crippen LogP contribution in [0.5, 0.6) is 0 Å². The summed E-state index contributed by atoms with van der Waals surface area (Å²) < 4.78 is 10.5. The predicted molar refractivity (Wildman–Crippen MR) is 61.1 cm³/mol. The zero-order valence-electron chi connectivity index (χ0n) is 10.1. The van der Waals surface area contributed by atoms with Gasteiger partial charge in [0.1, 0.15) is 24.4 Å². The van der Waals surface area contributed by atoms with Gasteiger partial charge in [0.2, 0.25) is 0 Å². The number of ether oxygens (including phenoxy) is 2. The van der Waals surface area contributed by atoms with Crippen LogP contribution in [0.25, 0.3) is 0 Å². The van der Waals surface area contributed by atoms with E-state index in [1.807, 2.05) is 0 Å². The van der Waals surface area contributed by atoms with Crippen molar-refractivity contribution in [1.82, 2.24) is 4.90 Å². The van der Waals surface area contributed by atoms with Crippen LogP contribution in [0.4, 0.5) is 4.79 Å². The first-order valence-corrected chi connectivity index (χ1v) is 6.01. The van der Waals surface area contributed by atoms with E-state index in [4.69, 9.17) is 21.1 Å². The first-order chi connectivity index (χ1) is 7.79. The van der Waals surface area contributed by atoms with Gasteiger partial charge in [-0.25, -0.2) is 4.79 Å². The van der Waals surface area contributed by atoms with E-state index in [0.717, 1.165) is 0 Å². The number of ketones is 1. The molecule has 0 aliphatic carbocycles. The minimum atomic E-state index is -0.584. The van der Waals surface area contributed by atoms with E-state index in [0.29, 0.717) is 0 Å². The second-order valence-corrected chi connectivity index (χ2v) is 5.90. The highest BCUT2D eigenvalue weighted by atomic mass is 35.5. The second-order valence-electron chi connectivity index (χ2n) is 5.34. The third-order valence-electron chi connectivity index (χ3n) is 2.75. The molecule has 2 heterocycles. The zero-order valence-corrected chi connectivity index (χ0v) is 10.9. The molecule has 2 aliphatic heterocycles. The monoisotopic (exact) mass is 261 g/mol. The normalized spacial score (nSPS) is 32.8. The molecule has 0 radical (unpaired) electrons. The van der Waals surface area contributed by atoms with Gasteiger partial charge in [-0.3, -0.25) is 9.69 Å². The van der Waals surface area contributed by atoms with Crippen molar-refractivity contribution in [2.45, 2.75) is 43.9 Å². The van der Waals surface area contributed by atoms with Gasteiger partial charge in [0.25, 0.3) is 0 Å². The summed E-state index contributed by atoms with van der Waals surface area (Å²) in [5.74, 6) is -0.107. The third kappa shape index (κ3) is 2.40. The number of nitrogens with zero attached hydrogens (tertiary/aromatic N) is 1. The summed E-state index contributed by atoms with van der Waals surface area (Å²) in [4.78, 5) is 25.0. The lowest BCUT2D eigenvalue weighted by molar-refractivity contribution is -0.121. The Balaban J connectivity index is 2.11. The number of Topliss-reactive ketones (excluding diaryl/α,β-unsaturated/α-hetero) is 1. The average molecular weight is 262 g/mol. The molecule has 2 fully saturated rings. The largest absolute Gasteiger partial charge is 0.444 e. The Hall–Kier alpha value is -0.810. The molecule has 2 aliphatic rings. The molecule has 2 rings (SSSR count). The van der Waals surface area contributed by atoms with Gasteiger partial charge in [-0.1, -0.05) is 0 Å². The van der Waals surface area contributed by atoms with Gasteiger partial charge < -0.3 is 9.47 Å². The molecular formula is C11H16ClNO4. The van der Waals surface area contributed by atoms with Crippen LogP contribution in [-0.4, -0.2) is 53.1 Å². The molecule has 0 aromatic rings. The number of carbonyl (C=O) groups excluding carboxylic acids is 2. The maximum Gasteiger partial charge on any atom is 0.411 e. The number of carbonyl (C=O) groups is 2. The molecule has 2 saturated heterocycles. The van der Waals surface area contributed by atoms with Crippen molar-refractivity contribution in [1.29, 1.82) is 0 Å². The minimum absolute atomic E-state index is 0.0256. The van der Waals surface area contributed by atoms with Crippen LogP contribution in [0.3, 0.4) is 0 Å². The van der Waals surface area contributed by atoms with Crippen LogP contribution < -0.4 is 0 Å². The Kier molecular flexibility index (Phi) is 3.08. The van der Waals surface area contributed by atoms with E-state index in [2.05, 4.69) is 0 Å². The Morgan fingerprint density at radius 3 is 2.76 bits per heavy atom. The van der Waals surface area contributed by atoms with Crippen LogP contribution >= 0.6 is 11.6 Å². The van der Waals surface area contributed by atoms with Gasteiger partial charge in [0.05, 0.1) is 5.38 Å². The Morgan fingerprint density at radius 1 is 1.53 bits per heavy atom. The second kappa shape index (κ2) is 4.14. The quantitative estimate of drug-likeness (QED) is 0.615. The van der Waals surface area contributed by atoms with Crippen molar-refractivity contribution in [2.75, 3.05) is 13.2 Å². The third-order valence-corrected chi connectivity index (χ3v) is 3.14. The van der Waals surface area contributed by atoms with E-state index in [-0.39, 0.29) is 24.3 Å². The summed E-state index contributed by atoms with van der Waals surface area (Å²) in [6, 6.07) is -0.577. The van der Waals surface area contributed by atoms with E-state index < -0.39 is 23.8 Å². The Labute approximate surface area is 105 Å². The maximum atomic E-state index is 11.9. The smallest absolute Gasteiger partial charge is 0.411 e. The van der Waals surface area contributed by atoms with E-state index in [1.165, 1.54) is 4.90 Å². The molecule has 1 amide bonds. The summed E-state index contributed by atoms with van der Waals surface area (Å²) in [5, 5.41) is -0.348. The highest BCUT2D eigenvalue weighted by molar-refractivity contribution is 6.22. The molecule has 3 atom stereocenters. The van der Waals surface area contributed by atoms with Crippen LogP contribution in [-0.2, 0) is 14.3 Å². The molecule has 6 heteroatoms. The summed E-state index contributed by atoms with van der Waals surface area (Å²) in [6.07, 6.45) is -0.897. The number of fused-ring (bicyclic) bond motifs is 1. The van der Waals surface area contributed by atoms with Crippen LogP contribution in [0.15, 0.2) is 0 Å². The topological polar surface area (TPSA) is 55.8 Å². The van der Waals surface area contributed by atoms with Gasteiger partial charge in [-0.2, -0.15) is 0 Å². The summed E-state index contributed by atoms with van der Waals surface area (Å²) in [5.41, 5.74) is -0.584. The number of alkyl halides is 1. The van der Waals surface area contributed by atoms with E-state index in [9.17, 15) is 9.59 Å². The highest BCUT2D eigenvalue weighted by Crippen LogP contribution is 2.31. The molecule has 0 aromatic heterocycles. The number of rotatable bonds is 0. The maximum absolute atomic E-state index is 11.9. The van der Waals surface area contributed by atoms with Gasteiger partial charge >= 0.3 is 6.09 Å². The highest BCUT2D eigenvalue weighted by Gasteiger charge is 2.52. The standard InChI is InChI=1S/C11H16ClNO4/c1-11(2,3)17-10(15)13-4-6(12)9-8(13)7(14)5-16-9/h6,8-9H,4-5H2,1-3H3/t6-,8-,9-/m1/s1. The molecule has 5 nitrogen and oxygen atoms in total. The van der Waals surface area contributed by atoms with Gasteiger partial charge in [-0.05, 0) is 20.8 Å². The van der Waals surface area contributed by atoms with E-state index in [1.54, 1.807) is 20.8 Å². The molecule has 0 unspecified atom stereocenters. The lowest BCUT2D eigenvalue weighted by Gasteiger charge is -2.26. The van der Waals surface area contributed by atoms with Gasteiger partial charge in [0.15, 0.2) is 5.78 Å². The summed E-state index contributed by atoms with van der Waals surface area (Å²) >= 11 is 6.06. The number of hydrogen-bond donors (Lipinski definition) is 0. The van der Waals surface area contributed by atoms with Gasteiger partial charge in [-0.15, -0.1) is 11.6 Å². The fourth-order valence-corrected chi connectivity index (χ4v) is 2.46. The number of likely N-dealkylation sites (tertiary alicyclic amines) is 1. The van der Waals surface area contributed by atoms with Crippen molar-refractivity contribution in [3.8, 4) is 0 Å². The van der Waals surface area contributed by atoms with Crippen molar-refractivity contribution in [3.63, 3.8) is 0 Å². The SMILES string of the molecule is CC(C)(C)OC(=O)N1C[C@@H](Cl)[C@H]2OCC(=O)[C@H]21. The van der Waals surface area contributed by atoms with Crippen molar-refractivity contribution >= 4 is 23.5 Å². The van der Waals surface area contributed by atoms with Crippen molar-refractivity contribution in [3.05, 3.63) is 0 Å². The molecule has 96 valence electrons. The zero-order chi connectivity index (χ0) is 12.8. The van der Waals surface area contributed by atoms with Gasteiger partial charge in [0, 0.05) is 6.54 Å². The summed E-state index contributed by atoms with van der Waals surface area (Å²) in [7, 11) is 0. The molecule has 0 saturated carbocycles. The molecule has 17 heavy (non-hydrogen) atoms. The minimum Gasteiger partial charge on any atom is -0.444 e. The molecule has 0 spiro atoms. The van der Waals surface area contributed by atoms with E-state index >= 15 is 0 Å². The molecule has 0 aromatic carbocycles. The number of hydrogen-bond acceptors (Lipinski definition) is 4. The first-order valence-electron chi connectivity index (χ1n) is 5.57. The Bertz CT molecular complexity index is 352. The predicted octanol–water partition coefficient (Wildman–Crippen LogP) is 1.18. The summed E-state index contributed by atoms with van der Waals surface area (Å²) in [6.45, 7) is 5.66. The lowest BCUT2D eigenvalue weighted by atomic mass is 10.1. The molecule has 0 N–H and O–H groups in total. The fraction of sp³-hybridized carbons (Fsp3) is 0.818. The number of amides is 1. The first kappa shape index (κ1) is 12.6. The molecule has 0 bridgehead atoms. The van der Waals surface area contributed by atoms with Crippen molar-refractivity contribution in [2.24, 2.45) is 0 Å². The molecular weight excluding hydrogens is 246 g/mol. The lowest BCUT2D eigenvalue weighted by Crippen LogP contribution is -2.44. The average Bonchev–Trinajstić information content (AvgIpc) is 2.67. The Morgan fingerprint density at radius 2 is 2.18 bits per heavy atom. The van der Waals surface area contributed by atoms with Crippen LogP contribution in [0, 0.1) is 0 Å². The van der Waals surface area contributed by atoms with Crippen LogP contribution in [0.2, 0.25) is 0 Å². The van der Waals surface area contributed by atoms with Crippen molar-refractivity contribution < 1.29 is 19.1 Å². The number of halogens is 1. The van der Waals surface area contributed by atoms with Crippen LogP contribution in [0.1, 0.15) is 20.8 Å². The fourth-order valence-electron chi connectivity index (χ4n) is 2.11.